The molecule has 1 aromatic heterocycles. The first-order valence-corrected chi connectivity index (χ1v) is 5.39. The van der Waals surface area contributed by atoms with Crippen molar-refractivity contribution < 1.29 is 4.74 Å². The lowest BCUT2D eigenvalue weighted by atomic mass is 10.1. The van der Waals surface area contributed by atoms with Crippen LogP contribution in [-0.2, 0) is 0 Å². The highest BCUT2D eigenvalue weighted by atomic mass is 16.5. The van der Waals surface area contributed by atoms with Crippen molar-refractivity contribution in [3.05, 3.63) is 42.2 Å². The molecule has 0 bridgehead atoms. The summed E-state index contributed by atoms with van der Waals surface area (Å²) in [4.78, 5) is 7.97. The van der Waals surface area contributed by atoms with Crippen LogP contribution in [0.1, 0.15) is 11.6 Å². The second-order valence-corrected chi connectivity index (χ2v) is 3.87. The van der Waals surface area contributed by atoms with Gasteiger partial charge in [-0.2, -0.15) is 0 Å². The zero-order valence-corrected chi connectivity index (χ0v) is 9.13. The maximum absolute atomic E-state index is 5.61. The van der Waals surface area contributed by atoms with E-state index in [4.69, 9.17) is 10.5 Å². The van der Waals surface area contributed by atoms with E-state index in [1.54, 1.807) is 6.07 Å². The summed E-state index contributed by atoms with van der Waals surface area (Å²) < 4.78 is 5.58. The average molecular weight is 228 g/mol. The first-order valence-electron chi connectivity index (χ1n) is 5.39. The Morgan fingerprint density at radius 1 is 1.29 bits per heavy atom. The van der Waals surface area contributed by atoms with Gasteiger partial charge in [0.25, 0.3) is 0 Å². The number of benzene rings is 1. The summed E-state index contributed by atoms with van der Waals surface area (Å²) in [6.07, 6.45) is 1.44. The Hall–Kier alpha value is -2.30. The van der Waals surface area contributed by atoms with Crippen molar-refractivity contribution in [2.45, 2.75) is 6.04 Å². The van der Waals surface area contributed by atoms with Crippen molar-refractivity contribution in [2.75, 3.05) is 17.7 Å². The second kappa shape index (κ2) is 3.93. The summed E-state index contributed by atoms with van der Waals surface area (Å²) in [6, 6.07) is 9.79. The molecule has 0 aliphatic carbocycles. The zero-order valence-electron chi connectivity index (χ0n) is 9.13. The molecule has 1 aromatic carbocycles. The molecule has 0 saturated heterocycles. The Bertz CT molecular complexity index is 544. The minimum Gasteiger partial charge on any atom is -0.491 e. The van der Waals surface area contributed by atoms with Gasteiger partial charge in [-0.25, -0.2) is 9.97 Å². The fourth-order valence-electron chi connectivity index (χ4n) is 1.91. The average Bonchev–Trinajstić information content (AvgIpc) is 2.73. The summed E-state index contributed by atoms with van der Waals surface area (Å²) in [5.41, 5.74) is 6.75. The SMILES string of the molecule is Nc1cc(NC2COc3ccccc32)ncn1. The second-order valence-electron chi connectivity index (χ2n) is 3.87. The fraction of sp³-hybridized carbons (Fsp3) is 0.167. The van der Waals surface area contributed by atoms with E-state index in [-0.39, 0.29) is 6.04 Å². The van der Waals surface area contributed by atoms with Gasteiger partial charge in [-0.3, -0.25) is 0 Å². The normalized spacial score (nSPS) is 17.3. The van der Waals surface area contributed by atoms with Crippen LogP contribution in [0.15, 0.2) is 36.7 Å². The molecule has 0 saturated carbocycles. The van der Waals surface area contributed by atoms with E-state index in [2.05, 4.69) is 15.3 Å². The molecule has 2 aromatic rings. The Balaban J connectivity index is 1.84. The van der Waals surface area contributed by atoms with E-state index in [9.17, 15) is 0 Å². The monoisotopic (exact) mass is 228 g/mol. The van der Waals surface area contributed by atoms with Crippen LogP contribution >= 0.6 is 0 Å². The van der Waals surface area contributed by atoms with Gasteiger partial charge in [0.1, 0.15) is 30.3 Å². The first kappa shape index (κ1) is 9.89. The van der Waals surface area contributed by atoms with Gasteiger partial charge >= 0.3 is 0 Å². The van der Waals surface area contributed by atoms with Crippen molar-refractivity contribution in [1.82, 2.24) is 9.97 Å². The number of hydrogen-bond acceptors (Lipinski definition) is 5. The van der Waals surface area contributed by atoms with Crippen LogP contribution in [0, 0.1) is 0 Å². The lowest BCUT2D eigenvalue weighted by Crippen LogP contribution is -2.13. The molecule has 1 aliphatic heterocycles. The molecule has 0 spiro atoms. The molecule has 1 atom stereocenters. The largest absolute Gasteiger partial charge is 0.491 e. The number of nitrogens with zero attached hydrogens (tertiary/aromatic N) is 2. The van der Waals surface area contributed by atoms with Crippen LogP contribution in [0.5, 0.6) is 5.75 Å². The van der Waals surface area contributed by atoms with Gasteiger partial charge in [-0.1, -0.05) is 18.2 Å². The lowest BCUT2D eigenvalue weighted by Gasteiger charge is -2.12. The third-order valence-corrected chi connectivity index (χ3v) is 2.71. The Kier molecular flexibility index (Phi) is 2.29. The summed E-state index contributed by atoms with van der Waals surface area (Å²) in [7, 11) is 0. The summed E-state index contributed by atoms with van der Waals surface area (Å²) >= 11 is 0. The fourth-order valence-corrected chi connectivity index (χ4v) is 1.91. The highest BCUT2D eigenvalue weighted by Crippen LogP contribution is 2.33. The maximum Gasteiger partial charge on any atom is 0.132 e. The van der Waals surface area contributed by atoms with E-state index < -0.39 is 0 Å². The third kappa shape index (κ3) is 1.87. The van der Waals surface area contributed by atoms with Crippen LogP contribution in [0.2, 0.25) is 0 Å². The van der Waals surface area contributed by atoms with Gasteiger partial charge in [0.2, 0.25) is 0 Å². The van der Waals surface area contributed by atoms with Gasteiger partial charge in [0.15, 0.2) is 0 Å². The molecule has 3 N–H and O–H groups in total. The van der Waals surface area contributed by atoms with E-state index in [1.165, 1.54) is 6.33 Å². The van der Waals surface area contributed by atoms with Gasteiger partial charge in [-0.15, -0.1) is 0 Å². The molecule has 0 fully saturated rings. The van der Waals surface area contributed by atoms with Crippen molar-refractivity contribution in [3.8, 4) is 5.75 Å². The molecule has 1 unspecified atom stereocenters. The summed E-state index contributed by atoms with van der Waals surface area (Å²) in [6.45, 7) is 0.600. The number of hydrogen-bond donors (Lipinski definition) is 2. The number of rotatable bonds is 2. The predicted molar refractivity (Wildman–Crippen MR) is 64.7 cm³/mol. The van der Waals surface area contributed by atoms with Crippen molar-refractivity contribution >= 4 is 11.6 Å². The number of nitrogens with one attached hydrogen (secondary N) is 1. The first-order chi connectivity index (χ1) is 8.33. The van der Waals surface area contributed by atoms with E-state index >= 15 is 0 Å². The molecule has 5 nitrogen and oxygen atoms in total. The van der Waals surface area contributed by atoms with Gasteiger partial charge in [0.05, 0.1) is 6.04 Å². The predicted octanol–water partition coefficient (Wildman–Crippen LogP) is 1.60. The van der Waals surface area contributed by atoms with Crippen LogP contribution in [0.25, 0.3) is 0 Å². The standard InChI is InChI=1S/C12H12N4O/c13-11-5-12(15-7-14-11)16-9-6-17-10-4-2-1-3-8(9)10/h1-5,7,9H,6H2,(H3,13,14,15,16). The highest BCUT2D eigenvalue weighted by Gasteiger charge is 2.23. The van der Waals surface area contributed by atoms with Crippen molar-refractivity contribution in [1.29, 1.82) is 0 Å². The van der Waals surface area contributed by atoms with Gasteiger partial charge in [0, 0.05) is 11.6 Å². The van der Waals surface area contributed by atoms with Gasteiger partial charge in [-0.05, 0) is 6.07 Å². The molecule has 0 amide bonds. The number of aromatic nitrogens is 2. The minimum atomic E-state index is 0.112. The number of fused-ring (bicyclic) bond motifs is 1. The molecule has 3 rings (SSSR count). The van der Waals surface area contributed by atoms with Crippen molar-refractivity contribution in [2.24, 2.45) is 0 Å². The molecular weight excluding hydrogens is 216 g/mol. The van der Waals surface area contributed by atoms with Crippen LogP contribution in [0.4, 0.5) is 11.6 Å². The van der Waals surface area contributed by atoms with Crippen LogP contribution in [0.3, 0.4) is 0 Å². The van der Waals surface area contributed by atoms with E-state index in [0.717, 1.165) is 11.3 Å². The number of ether oxygens (including phenoxy) is 1. The Labute approximate surface area is 98.7 Å². The molecule has 2 heterocycles. The third-order valence-electron chi connectivity index (χ3n) is 2.71. The molecule has 1 aliphatic rings. The molecule has 86 valence electrons. The van der Waals surface area contributed by atoms with Crippen molar-refractivity contribution in [3.63, 3.8) is 0 Å². The topological polar surface area (TPSA) is 73.1 Å². The zero-order chi connectivity index (χ0) is 11.7. The van der Waals surface area contributed by atoms with Crippen LogP contribution in [-0.4, -0.2) is 16.6 Å². The smallest absolute Gasteiger partial charge is 0.132 e. The molecule has 17 heavy (non-hydrogen) atoms. The molecule has 5 heteroatoms. The van der Waals surface area contributed by atoms with Gasteiger partial charge < -0.3 is 15.8 Å². The molecular formula is C12H12N4O. The van der Waals surface area contributed by atoms with E-state index in [0.29, 0.717) is 18.2 Å². The summed E-state index contributed by atoms with van der Waals surface area (Å²) in [5.74, 6) is 2.09. The quantitative estimate of drug-likeness (QED) is 0.816. The van der Waals surface area contributed by atoms with Crippen LogP contribution < -0.4 is 15.8 Å². The highest BCUT2D eigenvalue weighted by molar-refractivity contribution is 5.49. The number of nitrogens with two attached hydrogens (primary N) is 1. The summed E-state index contributed by atoms with van der Waals surface area (Å²) in [5, 5.41) is 3.28. The minimum absolute atomic E-state index is 0.112. The Morgan fingerprint density at radius 2 is 2.18 bits per heavy atom. The number of nitrogen functional groups attached to an aromatic ring is 1. The Morgan fingerprint density at radius 3 is 3.06 bits per heavy atom. The lowest BCUT2D eigenvalue weighted by molar-refractivity contribution is 0.339. The number of para-hydroxylation sites is 1. The maximum atomic E-state index is 5.61. The molecule has 0 radical (unpaired) electrons. The number of anilines is 2. The van der Waals surface area contributed by atoms with E-state index in [1.807, 2.05) is 24.3 Å².